The Labute approximate surface area is 215 Å². The fraction of sp³-hybridized carbons (Fsp3) is 0.143. The molecular formula is C28H28N4O5. The zero-order chi connectivity index (χ0) is 26.6. The molecule has 3 aromatic rings. The van der Waals surface area contributed by atoms with Crippen LogP contribution in [0.2, 0.25) is 0 Å². The number of anilines is 2. The number of amides is 3. The lowest BCUT2D eigenvalue weighted by Crippen LogP contribution is -2.32. The molecule has 190 valence electrons. The maximum Gasteiger partial charge on any atom is 0.329 e. The minimum absolute atomic E-state index is 0.175. The second-order valence-electron chi connectivity index (χ2n) is 7.99. The number of hydrazone groups is 1. The number of hydrogen-bond donors (Lipinski definition) is 3. The van der Waals surface area contributed by atoms with Crippen molar-refractivity contribution in [3.05, 3.63) is 96.1 Å². The maximum atomic E-state index is 12.2. The molecule has 0 radical (unpaired) electrons. The van der Waals surface area contributed by atoms with E-state index in [1.807, 2.05) is 32.0 Å². The Morgan fingerprint density at radius 1 is 0.838 bits per heavy atom. The van der Waals surface area contributed by atoms with Crippen molar-refractivity contribution >= 4 is 35.3 Å². The Bertz CT molecular complexity index is 1300. The van der Waals surface area contributed by atoms with Crippen molar-refractivity contribution < 1.29 is 23.9 Å². The Hall–Kier alpha value is -4.92. The van der Waals surface area contributed by atoms with Gasteiger partial charge in [0.25, 0.3) is 5.91 Å². The third-order valence-corrected chi connectivity index (χ3v) is 5.08. The molecule has 37 heavy (non-hydrogen) atoms. The SMILES string of the molecule is C=CCOc1ccc(NC(=O)C(=O)N/N=C\c2cccc(OCC(=O)Nc3ccc(C)c(C)c3)c2)cc1. The van der Waals surface area contributed by atoms with Crippen molar-refractivity contribution in [2.75, 3.05) is 23.8 Å². The van der Waals surface area contributed by atoms with Gasteiger partial charge in [-0.05, 0) is 79.1 Å². The number of aryl methyl sites for hydroxylation is 2. The molecule has 0 spiro atoms. The van der Waals surface area contributed by atoms with Gasteiger partial charge < -0.3 is 20.1 Å². The van der Waals surface area contributed by atoms with Crippen LogP contribution in [0.3, 0.4) is 0 Å². The first-order valence-electron chi connectivity index (χ1n) is 11.4. The first-order chi connectivity index (χ1) is 17.8. The van der Waals surface area contributed by atoms with Crippen LogP contribution in [0.4, 0.5) is 11.4 Å². The van der Waals surface area contributed by atoms with Crippen LogP contribution in [-0.4, -0.2) is 37.1 Å². The van der Waals surface area contributed by atoms with Gasteiger partial charge >= 0.3 is 11.8 Å². The topological polar surface area (TPSA) is 118 Å². The van der Waals surface area contributed by atoms with Crippen LogP contribution in [0.1, 0.15) is 16.7 Å². The quantitative estimate of drug-likeness (QED) is 0.168. The Balaban J connectivity index is 1.45. The molecule has 0 aliphatic carbocycles. The summed E-state index contributed by atoms with van der Waals surface area (Å²) in [4.78, 5) is 36.3. The molecule has 3 N–H and O–H groups in total. The molecule has 3 amide bonds. The average Bonchev–Trinajstić information content (AvgIpc) is 2.89. The molecule has 0 fully saturated rings. The van der Waals surface area contributed by atoms with Gasteiger partial charge in [0.1, 0.15) is 18.1 Å². The number of rotatable bonds is 10. The second-order valence-corrected chi connectivity index (χ2v) is 7.99. The van der Waals surface area contributed by atoms with Gasteiger partial charge in [0.2, 0.25) is 0 Å². The Morgan fingerprint density at radius 3 is 2.32 bits per heavy atom. The van der Waals surface area contributed by atoms with Crippen LogP contribution in [0.5, 0.6) is 11.5 Å². The van der Waals surface area contributed by atoms with E-state index in [9.17, 15) is 14.4 Å². The summed E-state index contributed by atoms with van der Waals surface area (Å²) in [6, 6.07) is 19.0. The molecule has 9 nitrogen and oxygen atoms in total. The van der Waals surface area contributed by atoms with Crippen molar-refractivity contribution in [1.82, 2.24) is 5.43 Å². The monoisotopic (exact) mass is 500 g/mol. The summed E-state index contributed by atoms with van der Waals surface area (Å²) in [6.07, 6.45) is 2.98. The summed E-state index contributed by atoms with van der Waals surface area (Å²) in [7, 11) is 0. The van der Waals surface area contributed by atoms with Crippen LogP contribution in [0.25, 0.3) is 0 Å². The van der Waals surface area contributed by atoms with Crippen molar-refractivity contribution in [3.8, 4) is 11.5 Å². The lowest BCUT2D eigenvalue weighted by molar-refractivity contribution is -0.136. The second kappa shape index (κ2) is 13.2. The summed E-state index contributed by atoms with van der Waals surface area (Å²) < 4.78 is 10.9. The standard InChI is InChI=1S/C28H28N4O5/c1-4-14-36-24-12-10-22(11-13-24)31-27(34)28(35)32-29-17-21-6-5-7-25(16-21)37-18-26(33)30-23-9-8-19(2)20(3)15-23/h4-13,15-17H,1,14,18H2,2-3H3,(H,30,33)(H,31,34)(H,32,35)/b29-17-. The molecule has 0 atom stereocenters. The summed E-state index contributed by atoms with van der Waals surface area (Å²) in [6.45, 7) is 7.74. The fourth-order valence-corrected chi connectivity index (χ4v) is 3.04. The minimum atomic E-state index is -0.932. The fourth-order valence-electron chi connectivity index (χ4n) is 3.04. The molecule has 3 aromatic carbocycles. The molecule has 0 unspecified atom stereocenters. The highest BCUT2D eigenvalue weighted by atomic mass is 16.5. The van der Waals surface area contributed by atoms with E-state index in [1.165, 1.54) is 6.21 Å². The highest BCUT2D eigenvalue weighted by Crippen LogP contribution is 2.16. The van der Waals surface area contributed by atoms with Crippen LogP contribution >= 0.6 is 0 Å². The zero-order valence-electron chi connectivity index (χ0n) is 20.6. The zero-order valence-corrected chi connectivity index (χ0v) is 20.6. The number of hydrogen-bond acceptors (Lipinski definition) is 6. The molecule has 9 heteroatoms. The Morgan fingerprint density at radius 2 is 1.59 bits per heavy atom. The molecule has 0 saturated carbocycles. The number of nitrogens with zero attached hydrogens (tertiary/aromatic N) is 1. The van der Waals surface area contributed by atoms with Crippen molar-refractivity contribution in [2.24, 2.45) is 5.10 Å². The molecule has 0 saturated heterocycles. The number of benzene rings is 3. The molecule has 3 rings (SSSR count). The Kier molecular flexibility index (Phi) is 9.55. The van der Waals surface area contributed by atoms with Gasteiger partial charge in [-0.1, -0.05) is 30.9 Å². The largest absolute Gasteiger partial charge is 0.490 e. The van der Waals surface area contributed by atoms with Gasteiger partial charge in [0.15, 0.2) is 6.61 Å². The minimum Gasteiger partial charge on any atom is -0.490 e. The van der Waals surface area contributed by atoms with E-state index in [-0.39, 0.29) is 12.5 Å². The van der Waals surface area contributed by atoms with Crippen LogP contribution in [0, 0.1) is 13.8 Å². The first kappa shape index (κ1) is 26.7. The lowest BCUT2D eigenvalue weighted by atomic mass is 10.1. The van der Waals surface area contributed by atoms with Gasteiger partial charge in [0.05, 0.1) is 6.21 Å². The molecule has 0 aromatic heterocycles. The molecule has 0 aliphatic rings. The number of nitrogens with one attached hydrogen (secondary N) is 3. The van der Waals surface area contributed by atoms with E-state index in [4.69, 9.17) is 9.47 Å². The summed E-state index contributed by atoms with van der Waals surface area (Å²) in [5, 5.41) is 9.08. The van der Waals surface area contributed by atoms with Gasteiger partial charge in [-0.25, -0.2) is 5.43 Å². The van der Waals surface area contributed by atoms with Crippen LogP contribution < -0.4 is 25.5 Å². The summed E-state index contributed by atoms with van der Waals surface area (Å²) in [5.74, 6) is -1.04. The van der Waals surface area contributed by atoms with E-state index in [1.54, 1.807) is 54.6 Å². The number of ether oxygens (including phenoxy) is 2. The van der Waals surface area contributed by atoms with E-state index in [0.717, 1.165) is 11.1 Å². The van der Waals surface area contributed by atoms with E-state index in [0.29, 0.717) is 35.0 Å². The van der Waals surface area contributed by atoms with Crippen molar-refractivity contribution in [3.63, 3.8) is 0 Å². The molecular weight excluding hydrogens is 472 g/mol. The number of carbonyl (C=O) groups is 3. The maximum absolute atomic E-state index is 12.2. The van der Waals surface area contributed by atoms with Crippen LogP contribution in [-0.2, 0) is 14.4 Å². The summed E-state index contributed by atoms with van der Waals surface area (Å²) >= 11 is 0. The van der Waals surface area contributed by atoms with Gasteiger partial charge in [-0.15, -0.1) is 0 Å². The summed E-state index contributed by atoms with van der Waals surface area (Å²) in [5.41, 5.74) is 6.13. The molecule has 0 aliphatic heterocycles. The smallest absolute Gasteiger partial charge is 0.329 e. The van der Waals surface area contributed by atoms with Gasteiger partial charge in [-0.3, -0.25) is 14.4 Å². The van der Waals surface area contributed by atoms with E-state index < -0.39 is 11.8 Å². The average molecular weight is 501 g/mol. The van der Waals surface area contributed by atoms with E-state index in [2.05, 4.69) is 27.7 Å². The van der Waals surface area contributed by atoms with E-state index >= 15 is 0 Å². The van der Waals surface area contributed by atoms with Crippen LogP contribution in [0.15, 0.2) is 84.5 Å². The molecule has 0 bridgehead atoms. The molecule has 0 heterocycles. The highest BCUT2D eigenvalue weighted by Gasteiger charge is 2.13. The van der Waals surface area contributed by atoms with Gasteiger partial charge in [0, 0.05) is 11.4 Å². The predicted molar refractivity (Wildman–Crippen MR) is 143 cm³/mol. The van der Waals surface area contributed by atoms with Gasteiger partial charge in [-0.2, -0.15) is 5.10 Å². The number of carbonyl (C=O) groups excluding carboxylic acids is 3. The van der Waals surface area contributed by atoms with Crippen molar-refractivity contribution in [1.29, 1.82) is 0 Å². The highest BCUT2D eigenvalue weighted by molar-refractivity contribution is 6.39. The third kappa shape index (κ3) is 8.66. The van der Waals surface area contributed by atoms with Crippen molar-refractivity contribution in [2.45, 2.75) is 13.8 Å². The normalized spacial score (nSPS) is 10.4. The first-order valence-corrected chi connectivity index (χ1v) is 11.4. The predicted octanol–water partition coefficient (Wildman–Crippen LogP) is 3.97. The lowest BCUT2D eigenvalue weighted by Gasteiger charge is -2.09. The third-order valence-electron chi connectivity index (χ3n) is 5.08.